The molecule has 0 aliphatic heterocycles. The van der Waals surface area contributed by atoms with E-state index in [1.54, 1.807) is 12.3 Å². The smallest absolute Gasteiger partial charge is 0.139 e. The lowest BCUT2D eigenvalue weighted by Gasteiger charge is -2.09. The van der Waals surface area contributed by atoms with E-state index in [9.17, 15) is 0 Å². The van der Waals surface area contributed by atoms with Crippen LogP contribution in [0.3, 0.4) is 0 Å². The van der Waals surface area contributed by atoms with Gasteiger partial charge in [-0.3, -0.25) is 0 Å². The minimum absolute atomic E-state index is 0.504. The van der Waals surface area contributed by atoms with Gasteiger partial charge in [0.2, 0.25) is 0 Å². The highest BCUT2D eigenvalue weighted by Crippen LogP contribution is 2.29. The van der Waals surface area contributed by atoms with Crippen LogP contribution in [0.15, 0.2) is 42.6 Å². The highest BCUT2D eigenvalue weighted by molar-refractivity contribution is 6.35. The number of nitrogens with one attached hydrogen (secondary N) is 1. The fourth-order valence-corrected chi connectivity index (χ4v) is 2.37. The van der Waals surface area contributed by atoms with E-state index >= 15 is 0 Å². The Hall–Kier alpha value is -2.00. The summed E-state index contributed by atoms with van der Waals surface area (Å²) < 4.78 is 5.77. The van der Waals surface area contributed by atoms with E-state index in [-0.39, 0.29) is 0 Å². The number of ether oxygens (including phenoxy) is 1. The molecule has 0 spiro atoms. The van der Waals surface area contributed by atoms with Crippen molar-refractivity contribution < 1.29 is 4.74 Å². The van der Waals surface area contributed by atoms with Gasteiger partial charge < -0.3 is 9.72 Å². The summed E-state index contributed by atoms with van der Waals surface area (Å²) in [4.78, 5) is 7.59. The summed E-state index contributed by atoms with van der Waals surface area (Å²) in [6.45, 7) is 4.98. The van der Waals surface area contributed by atoms with Crippen LogP contribution in [-0.4, -0.2) is 16.6 Å². The van der Waals surface area contributed by atoms with Crippen LogP contribution in [0.5, 0.6) is 5.75 Å². The molecule has 1 aromatic carbocycles. The molecule has 3 nitrogen and oxygen atoms in total. The van der Waals surface area contributed by atoms with Crippen molar-refractivity contribution in [3.63, 3.8) is 0 Å². The molecule has 0 radical (unpaired) electrons. The van der Waals surface area contributed by atoms with Crippen molar-refractivity contribution in [1.82, 2.24) is 9.97 Å². The Morgan fingerprint density at radius 3 is 2.86 bits per heavy atom. The maximum absolute atomic E-state index is 6.19. The molecule has 2 aromatic heterocycles. The Kier molecular flexibility index (Phi) is 3.84. The molecule has 0 amide bonds. The quantitative estimate of drug-likeness (QED) is 0.743. The van der Waals surface area contributed by atoms with E-state index in [4.69, 9.17) is 16.3 Å². The van der Waals surface area contributed by atoms with E-state index < -0.39 is 0 Å². The number of hydrogen-bond acceptors (Lipinski definition) is 2. The van der Waals surface area contributed by atoms with E-state index in [1.807, 2.05) is 30.3 Å². The topological polar surface area (TPSA) is 37.9 Å². The fraction of sp³-hybridized carbons (Fsp3) is 0.235. The van der Waals surface area contributed by atoms with Crippen molar-refractivity contribution in [2.45, 2.75) is 13.8 Å². The SMILES string of the molecule is CC(C)COc1cccc(-c2cc3c(Cl)ccnc3[nH]2)c1. The molecule has 0 atom stereocenters. The molecule has 1 N–H and O–H groups in total. The van der Waals surface area contributed by atoms with Gasteiger partial charge in [0.05, 0.1) is 11.6 Å². The number of halogens is 1. The van der Waals surface area contributed by atoms with Crippen LogP contribution in [0.2, 0.25) is 5.02 Å². The maximum atomic E-state index is 6.19. The summed E-state index contributed by atoms with van der Waals surface area (Å²) in [5, 5.41) is 1.64. The molecule has 4 heteroatoms. The van der Waals surface area contributed by atoms with Gasteiger partial charge in [0.25, 0.3) is 0 Å². The second-order valence-electron chi connectivity index (χ2n) is 5.47. The Morgan fingerprint density at radius 2 is 2.10 bits per heavy atom. The minimum Gasteiger partial charge on any atom is -0.493 e. The molecular formula is C17H17ClN2O. The normalized spacial score (nSPS) is 11.2. The van der Waals surface area contributed by atoms with Crippen LogP contribution in [0.4, 0.5) is 0 Å². The summed E-state index contributed by atoms with van der Waals surface area (Å²) in [6, 6.07) is 11.9. The van der Waals surface area contributed by atoms with Gasteiger partial charge in [0, 0.05) is 22.8 Å². The van der Waals surface area contributed by atoms with Crippen molar-refractivity contribution in [2.24, 2.45) is 5.92 Å². The van der Waals surface area contributed by atoms with Crippen LogP contribution in [0, 0.1) is 5.92 Å². The lowest BCUT2D eigenvalue weighted by atomic mass is 10.1. The average molecular weight is 301 g/mol. The molecule has 0 aliphatic rings. The molecule has 0 fully saturated rings. The van der Waals surface area contributed by atoms with Crippen LogP contribution < -0.4 is 4.74 Å². The zero-order chi connectivity index (χ0) is 14.8. The molecule has 0 saturated carbocycles. The lowest BCUT2D eigenvalue weighted by Crippen LogP contribution is -2.04. The highest BCUT2D eigenvalue weighted by Gasteiger charge is 2.08. The molecule has 0 unspecified atom stereocenters. The molecule has 3 aromatic rings. The van der Waals surface area contributed by atoms with Crippen molar-refractivity contribution in [2.75, 3.05) is 6.61 Å². The predicted molar refractivity (Wildman–Crippen MR) is 86.9 cm³/mol. The molecule has 0 saturated heterocycles. The first-order valence-electron chi connectivity index (χ1n) is 7.00. The van der Waals surface area contributed by atoms with Gasteiger partial charge in [-0.15, -0.1) is 0 Å². The van der Waals surface area contributed by atoms with Gasteiger partial charge in [0.15, 0.2) is 0 Å². The van der Waals surface area contributed by atoms with Gasteiger partial charge in [-0.1, -0.05) is 37.6 Å². The third-order valence-electron chi connectivity index (χ3n) is 3.21. The van der Waals surface area contributed by atoms with E-state index in [1.165, 1.54) is 0 Å². The second kappa shape index (κ2) is 5.78. The molecule has 21 heavy (non-hydrogen) atoms. The van der Waals surface area contributed by atoms with Gasteiger partial charge in [0.1, 0.15) is 11.4 Å². The number of pyridine rings is 1. The third kappa shape index (κ3) is 3.03. The van der Waals surface area contributed by atoms with Crippen molar-refractivity contribution in [1.29, 1.82) is 0 Å². The third-order valence-corrected chi connectivity index (χ3v) is 3.54. The van der Waals surface area contributed by atoms with Crippen LogP contribution in [-0.2, 0) is 0 Å². The van der Waals surface area contributed by atoms with E-state index in [0.717, 1.165) is 28.0 Å². The number of aromatic amines is 1. The summed E-state index contributed by atoms with van der Waals surface area (Å²) in [6.07, 6.45) is 1.70. The Morgan fingerprint density at radius 1 is 1.24 bits per heavy atom. The summed E-state index contributed by atoms with van der Waals surface area (Å²) in [5.74, 6) is 1.38. The summed E-state index contributed by atoms with van der Waals surface area (Å²) in [5.41, 5.74) is 2.84. The van der Waals surface area contributed by atoms with E-state index in [0.29, 0.717) is 17.5 Å². The first kappa shape index (κ1) is 14.0. The lowest BCUT2D eigenvalue weighted by molar-refractivity contribution is 0.271. The number of fused-ring (bicyclic) bond motifs is 1. The summed E-state index contributed by atoms with van der Waals surface area (Å²) >= 11 is 6.19. The number of H-pyrrole nitrogens is 1. The van der Waals surface area contributed by atoms with Gasteiger partial charge in [-0.2, -0.15) is 0 Å². The Balaban J connectivity index is 1.94. The summed E-state index contributed by atoms with van der Waals surface area (Å²) in [7, 11) is 0. The molecule has 108 valence electrons. The zero-order valence-electron chi connectivity index (χ0n) is 12.1. The van der Waals surface area contributed by atoms with Crippen LogP contribution in [0.25, 0.3) is 22.3 Å². The zero-order valence-corrected chi connectivity index (χ0v) is 12.8. The van der Waals surface area contributed by atoms with Crippen molar-refractivity contribution >= 4 is 22.6 Å². The van der Waals surface area contributed by atoms with E-state index in [2.05, 4.69) is 23.8 Å². The Labute approximate surface area is 128 Å². The average Bonchev–Trinajstić information content (AvgIpc) is 2.91. The standard InChI is InChI=1S/C17H17ClN2O/c1-11(2)10-21-13-5-3-4-12(8-13)16-9-14-15(18)6-7-19-17(14)20-16/h3-9,11H,10H2,1-2H3,(H,19,20). The van der Waals surface area contributed by atoms with Gasteiger partial charge in [-0.25, -0.2) is 4.98 Å². The maximum Gasteiger partial charge on any atom is 0.139 e. The monoisotopic (exact) mass is 300 g/mol. The first-order valence-corrected chi connectivity index (χ1v) is 7.38. The van der Waals surface area contributed by atoms with Crippen molar-refractivity contribution in [3.05, 3.63) is 47.6 Å². The number of rotatable bonds is 4. The highest BCUT2D eigenvalue weighted by atomic mass is 35.5. The van der Waals surface area contributed by atoms with Gasteiger partial charge >= 0.3 is 0 Å². The van der Waals surface area contributed by atoms with Crippen LogP contribution >= 0.6 is 11.6 Å². The molecule has 0 bridgehead atoms. The first-order chi connectivity index (χ1) is 10.1. The minimum atomic E-state index is 0.504. The van der Waals surface area contributed by atoms with Crippen molar-refractivity contribution in [3.8, 4) is 17.0 Å². The second-order valence-corrected chi connectivity index (χ2v) is 5.88. The van der Waals surface area contributed by atoms with Gasteiger partial charge in [-0.05, 0) is 30.2 Å². The molecular weight excluding hydrogens is 284 g/mol. The number of hydrogen-bond donors (Lipinski definition) is 1. The fourth-order valence-electron chi connectivity index (χ4n) is 2.17. The molecule has 2 heterocycles. The Bertz CT molecular complexity index is 764. The predicted octanol–water partition coefficient (Wildman–Crippen LogP) is 4.92. The molecule has 0 aliphatic carbocycles. The molecule has 3 rings (SSSR count). The number of benzene rings is 1. The number of nitrogens with zero attached hydrogens (tertiary/aromatic N) is 1. The van der Waals surface area contributed by atoms with Crippen LogP contribution in [0.1, 0.15) is 13.8 Å². The largest absolute Gasteiger partial charge is 0.493 e. The number of aromatic nitrogens is 2.